The number of thioether (sulfide) groups is 1. The minimum absolute atomic E-state index is 0.0305. The topological polar surface area (TPSA) is 217 Å². The van der Waals surface area contributed by atoms with Gasteiger partial charge in [0.2, 0.25) is 12.4 Å². The summed E-state index contributed by atoms with van der Waals surface area (Å²) in [6.07, 6.45) is 2.24. The highest BCUT2D eigenvalue weighted by atomic mass is 32.2. The van der Waals surface area contributed by atoms with E-state index in [0.717, 1.165) is 4.90 Å². The number of nitrogen functional groups attached to an aromatic ring is 2. The van der Waals surface area contributed by atoms with Crippen LogP contribution in [0.4, 0.5) is 17.5 Å². The number of nitrogens with two attached hydrogens (primary N) is 2. The van der Waals surface area contributed by atoms with Gasteiger partial charge in [-0.25, -0.2) is 14.8 Å². The molecule has 0 spiro atoms. The van der Waals surface area contributed by atoms with E-state index in [1.165, 1.54) is 42.1 Å². The number of hydrogen-bond donors (Lipinski definition) is 3. The number of amides is 4. The molecule has 4 amide bonds. The van der Waals surface area contributed by atoms with Crippen molar-refractivity contribution in [2.45, 2.75) is 19.0 Å². The van der Waals surface area contributed by atoms with Crippen molar-refractivity contribution in [3.63, 3.8) is 0 Å². The molecule has 0 fully saturated rings. The average molecular weight is 630 g/mol. The number of ether oxygens (including phenoxy) is 1. The Morgan fingerprint density at radius 2 is 1.73 bits per heavy atom. The molecule has 2 aromatic carbocycles. The Kier molecular flexibility index (Phi) is 9.13. The van der Waals surface area contributed by atoms with E-state index in [4.69, 9.17) is 16.2 Å². The van der Waals surface area contributed by atoms with Crippen LogP contribution in [-0.2, 0) is 20.9 Å². The molecule has 0 bridgehead atoms. The van der Waals surface area contributed by atoms with Crippen LogP contribution in [0.1, 0.15) is 43.2 Å². The lowest BCUT2D eigenvalue weighted by atomic mass is 10.1. The lowest BCUT2D eigenvalue weighted by Crippen LogP contribution is -2.42. The van der Waals surface area contributed by atoms with Gasteiger partial charge in [-0.2, -0.15) is 9.97 Å². The molecule has 4 aromatic rings. The molecule has 5 rings (SSSR count). The number of carbonyl (C=O) groups excluding carboxylic acids is 5. The van der Waals surface area contributed by atoms with Crippen LogP contribution in [0.3, 0.4) is 0 Å². The van der Waals surface area contributed by atoms with Gasteiger partial charge >= 0.3 is 5.97 Å². The Hall–Kier alpha value is -5.64. The zero-order valence-corrected chi connectivity index (χ0v) is 24.7. The summed E-state index contributed by atoms with van der Waals surface area (Å²) in [7, 11) is 1.22. The molecule has 2 aromatic heterocycles. The molecule has 1 unspecified atom stereocenters. The molecule has 15 nitrogen and oxygen atoms in total. The van der Waals surface area contributed by atoms with E-state index >= 15 is 0 Å². The molecule has 1 aliphatic rings. The summed E-state index contributed by atoms with van der Waals surface area (Å²) >= 11 is 1.28. The molecule has 0 radical (unpaired) electrons. The normalized spacial score (nSPS) is 13.0. The van der Waals surface area contributed by atoms with Gasteiger partial charge in [-0.3, -0.25) is 24.1 Å². The van der Waals surface area contributed by atoms with Crippen molar-refractivity contribution >= 4 is 70.5 Å². The zero-order valence-electron chi connectivity index (χ0n) is 23.9. The Balaban J connectivity index is 1.17. The number of benzene rings is 2. The van der Waals surface area contributed by atoms with Gasteiger partial charge in [-0.15, -0.1) is 11.8 Å². The summed E-state index contributed by atoms with van der Waals surface area (Å²) in [5.41, 5.74) is 13.8. The van der Waals surface area contributed by atoms with Gasteiger partial charge in [0.1, 0.15) is 6.04 Å². The number of methoxy groups -OCH3 is 1. The Bertz CT molecular complexity index is 1770. The van der Waals surface area contributed by atoms with Crippen LogP contribution >= 0.6 is 11.8 Å². The summed E-state index contributed by atoms with van der Waals surface area (Å²) in [4.78, 5) is 81.4. The first kappa shape index (κ1) is 30.8. The Morgan fingerprint density at radius 3 is 2.38 bits per heavy atom. The number of anilines is 3. The van der Waals surface area contributed by atoms with Gasteiger partial charge in [0.15, 0.2) is 17.0 Å². The second kappa shape index (κ2) is 13.3. The second-order valence-electron chi connectivity index (χ2n) is 9.74. The first-order valence-corrected chi connectivity index (χ1v) is 14.6. The predicted octanol–water partition coefficient (Wildman–Crippen LogP) is 1.40. The van der Waals surface area contributed by atoms with E-state index in [2.05, 4.69) is 25.3 Å². The summed E-state index contributed by atoms with van der Waals surface area (Å²) < 4.78 is 4.86. The maximum atomic E-state index is 13.0. The lowest BCUT2D eigenvalue weighted by molar-refractivity contribution is -0.142. The summed E-state index contributed by atoms with van der Waals surface area (Å²) in [5.74, 6) is -1.43. The Labute approximate surface area is 260 Å². The number of imide groups is 1. The third kappa shape index (κ3) is 6.65. The summed E-state index contributed by atoms with van der Waals surface area (Å²) in [6, 6.07) is 11.8. The van der Waals surface area contributed by atoms with Crippen molar-refractivity contribution < 1.29 is 28.7 Å². The minimum Gasteiger partial charge on any atom is -0.467 e. The highest BCUT2D eigenvalue weighted by molar-refractivity contribution is 7.99. The molecule has 0 saturated carbocycles. The Morgan fingerprint density at radius 1 is 1.04 bits per heavy atom. The van der Waals surface area contributed by atoms with E-state index in [-0.39, 0.29) is 59.2 Å². The van der Waals surface area contributed by atoms with Crippen LogP contribution in [0.5, 0.6) is 0 Å². The van der Waals surface area contributed by atoms with Crippen LogP contribution in [0, 0.1) is 0 Å². The van der Waals surface area contributed by atoms with Crippen molar-refractivity contribution in [2.24, 2.45) is 0 Å². The second-order valence-corrected chi connectivity index (χ2v) is 10.8. The number of esters is 1. The molecule has 230 valence electrons. The standard InChI is InChI=1S/C29H27N9O6S/c1-44-28(43)21(10-11-45-15-38-26(41)19-4-2-3-5-20(19)27(38)42)34-25(40)16-6-8-18(9-7-16)37(14-39)13-17-12-32-24-22(33-17)23(30)35-29(31)36-24/h2-9,12,14,21H,10-11,13,15H2,1H3,(H,34,40)(H4,30,31,32,35,36). The fraction of sp³-hybridized carbons (Fsp3) is 0.207. The van der Waals surface area contributed by atoms with Crippen molar-refractivity contribution in [1.29, 1.82) is 0 Å². The molecule has 0 saturated heterocycles. The summed E-state index contributed by atoms with van der Waals surface area (Å²) in [5, 5.41) is 2.66. The minimum atomic E-state index is -0.971. The quantitative estimate of drug-likeness (QED) is 0.0875. The number of aromatic nitrogens is 4. The maximum absolute atomic E-state index is 13.0. The molecule has 45 heavy (non-hydrogen) atoms. The fourth-order valence-corrected chi connectivity index (χ4v) is 5.52. The van der Waals surface area contributed by atoms with E-state index in [9.17, 15) is 24.0 Å². The molecule has 1 atom stereocenters. The van der Waals surface area contributed by atoms with Crippen molar-refractivity contribution in [3.05, 3.63) is 77.1 Å². The van der Waals surface area contributed by atoms with Gasteiger partial charge in [0.25, 0.3) is 17.7 Å². The first-order chi connectivity index (χ1) is 21.7. The number of nitrogens with zero attached hydrogens (tertiary/aromatic N) is 6. The molecular formula is C29H27N9O6S. The SMILES string of the molecule is COC(=O)C(CCSCN1C(=O)c2ccccc2C1=O)NC(=O)c1ccc(N(C=O)Cc2cnc3nc(N)nc(N)c3n2)cc1. The smallest absolute Gasteiger partial charge is 0.328 e. The van der Waals surface area contributed by atoms with Gasteiger partial charge in [-0.1, -0.05) is 12.1 Å². The van der Waals surface area contributed by atoms with E-state index in [1.54, 1.807) is 36.4 Å². The third-order valence-electron chi connectivity index (χ3n) is 6.86. The third-order valence-corrected chi connectivity index (χ3v) is 7.83. The first-order valence-electron chi connectivity index (χ1n) is 13.5. The van der Waals surface area contributed by atoms with Crippen LogP contribution < -0.4 is 21.7 Å². The van der Waals surface area contributed by atoms with Crippen molar-refractivity contribution in [3.8, 4) is 0 Å². The van der Waals surface area contributed by atoms with Gasteiger partial charge in [-0.05, 0) is 48.6 Å². The highest BCUT2D eigenvalue weighted by Gasteiger charge is 2.35. The zero-order chi connectivity index (χ0) is 32.1. The monoisotopic (exact) mass is 629 g/mol. The molecule has 3 heterocycles. The predicted molar refractivity (Wildman–Crippen MR) is 165 cm³/mol. The number of fused-ring (bicyclic) bond motifs is 2. The summed E-state index contributed by atoms with van der Waals surface area (Å²) in [6.45, 7) is 0.0462. The average Bonchev–Trinajstić information content (AvgIpc) is 3.29. The molecular weight excluding hydrogens is 602 g/mol. The fourth-order valence-electron chi connectivity index (χ4n) is 4.57. The van der Waals surface area contributed by atoms with Gasteiger partial charge in [0.05, 0.1) is 42.5 Å². The number of nitrogens with one attached hydrogen (secondary N) is 1. The van der Waals surface area contributed by atoms with Crippen molar-refractivity contribution in [1.82, 2.24) is 30.2 Å². The van der Waals surface area contributed by atoms with Crippen LogP contribution in [-0.4, -0.2) is 79.7 Å². The van der Waals surface area contributed by atoms with E-state index in [1.807, 2.05) is 0 Å². The number of carbonyl (C=O) groups is 5. The van der Waals surface area contributed by atoms with E-state index in [0.29, 0.717) is 34.7 Å². The molecule has 1 aliphatic heterocycles. The van der Waals surface area contributed by atoms with Crippen LogP contribution in [0.25, 0.3) is 11.2 Å². The molecule has 0 aliphatic carbocycles. The van der Waals surface area contributed by atoms with Crippen LogP contribution in [0.2, 0.25) is 0 Å². The number of hydrogen-bond acceptors (Lipinski definition) is 13. The van der Waals surface area contributed by atoms with E-state index < -0.39 is 17.9 Å². The van der Waals surface area contributed by atoms with Gasteiger partial charge < -0.3 is 26.4 Å². The lowest BCUT2D eigenvalue weighted by Gasteiger charge is -2.19. The molecule has 16 heteroatoms. The number of rotatable bonds is 12. The van der Waals surface area contributed by atoms with Crippen molar-refractivity contribution in [2.75, 3.05) is 35.1 Å². The van der Waals surface area contributed by atoms with Gasteiger partial charge in [0, 0.05) is 11.3 Å². The maximum Gasteiger partial charge on any atom is 0.328 e. The van der Waals surface area contributed by atoms with Crippen LogP contribution in [0.15, 0.2) is 54.7 Å². The highest BCUT2D eigenvalue weighted by Crippen LogP contribution is 2.25. The molecule has 5 N–H and O–H groups in total. The largest absolute Gasteiger partial charge is 0.467 e.